The fourth-order valence-electron chi connectivity index (χ4n) is 2.24. The van der Waals surface area contributed by atoms with E-state index in [9.17, 15) is 4.79 Å². The fourth-order valence-corrected chi connectivity index (χ4v) is 2.24. The van der Waals surface area contributed by atoms with E-state index in [4.69, 9.17) is 4.74 Å². The molecule has 2 fully saturated rings. The number of carbonyl (C=O) groups excluding carboxylic acids is 1. The molecule has 2 unspecified atom stereocenters. The number of hydrogen-bond donors (Lipinski definition) is 1. The Morgan fingerprint density at radius 2 is 2.36 bits per heavy atom. The monoisotopic (exact) mass is 198 g/mol. The summed E-state index contributed by atoms with van der Waals surface area (Å²) < 4.78 is 5.24. The smallest absolute Gasteiger partial charge is 0.227 e. The summed E-state index contributed by atoms with van der Waals surface area (Å²) in [5.74, 6) is 0.528. The molecule has 2 aliphatic rings. The fraction of sp³-hybridized carbons (Fsp3) is 0.900. The number of methoxy groups -OCH3 is 1. The van der Waals surface area contributed by atoms with Gasteiger partial charge in [-0.25, -0.2) is 0 Å². The molecular formula is C10H18N2O2. The first kappa shape index (κ1) is 9.93. The summed E-state index contributed by atoms with van der Waals surface area (Å²) >= 11 is 0. The number of hydrogen-bond acceptors (Lipinski definition) is 3. The van der Waals surface area contributed by atoms with Crippen LogP contribution in [0, 0.1) is 5.92 Å². The van der Waals surface area contributed by atoms with E-state index in [2.05, 4.69) is 5.32 Å². The molecule has 4 nitrogen and oxygen atoms in total. The largest absolute Gasteiger partial charge is 0.380 e. The molecule has 0 radical (unpaired) electrons. The van der Waals surface area contributed by atoms with Gasteiger partial charge in [0.15, 0.2) is 0 Å². The van der Waals surface area contributed by atoms with Crippen molar-refractivity contribution in [1.82, 2.24) is 10.2 Å². The van der Waals surface area contributed by atoms with Gasteiger partial charge in [0.1, 0.15) is 0 Å². The van der Waals surface area contributed by atoms with Crippen molar-refractivity contribution >= 4 is 5.91 Å². The predicted molar refractivity (Wildman–Crippen MR) is 53.0 cm³/mol. The average Bonchev–Trinajstić information content (AvgIpc) is 2.88. The number of nitrogens with one attached hydrogen (secondary N) is 1. The highest BCUT2D eigenvalue weighted by Crippen LogP contribution is 2.18. The van der Waals surface area contributed by atoms with Crippen LogP contribution < -0.4 is 5.32 Å². The number of ether oxygens (including phenoxy) is 1. The highest BCUT2D eigenvalue weighted by molar-refractivity contribution is 5.79. The van der Waals surface area contributed by atoms with Crippen LogP contribution >= 0.6 is 0 Å². The van der Waals surface area contributed by atoms with E-state index in [-0.39, 0.29) is 12.0 Å². The summed E-state index contributed by atoms with van der Waals surface area (Å²) in [6.45, 7) is 3.49. The summed E-state index contributed by atoms with van der Waals surface area (Å²) in [6, 6.07) is 0. The van der Waals surface area contributed by atoms with Crippen LogP contribution in [0.2, 0.25) is 0 Å². The highest BCUT2D eigenvalue weighted by Gasteiger charge is 2.31. The Morgan fingerprint density at radius 3 is 2.93 bits per heavy atom. The maximum atomic E-state index is 11.9. The van der Waals surface area contributed by atoms with Gasteiger partial charge < -0.3 is 15.0 Å². The third kappa shape index (κ3) is 1.91. The molecule has 0 spiro atoms. The minimum absolute atomic E-state index is 0.214. The second kappa shape index (κ2) is 4.28. The molecule has 0 saturated carbocycles. The SMILES string of the molecule is COC1CCN(C(=O)C2CCNC2)C1. The molecule has 1 N–H and O–H groups in total. The molecule has 2 atom stereocenters. The zero-order valence-electron chi connectivity index (χ0n) is 8.66. The van der Waals surface area contributed by atoms with Crippen LogP contribution in [-0.4, -0.2) is 50.2 Å². The summed E-state index contributed by atoms with van der Waals surface area (Å²) in [5.41, 5.74) is 0. The van der Waals surface area contributed by atoms with Crippen molar-refractivity contribution in [3.05, 3.63) is 0 Å². The van der Waals surface area contributed by atoms with Crippen LogP contribution in [-0.2, 0) is 9.53 Å². The molecule has 80 valence electrons. The van der Waals surface area contributed by atoms with Crippen molar-refractivity contribution in [2.45, 2.75) is 18.9 Å². The van der Waals surface area contributed by atoms with Gasteiger partial charge in [-0.1, -0.05) is 0 Å². The number of likely N-dealkylation sites (tertiary alicyclic amines) is 1. The molecule has 2 saturated heterocycles. The lowest BCUT2D eigenvalue weighted by atomic mass is 10.1. The van der Waals surface area contributed by atoms with E-state index in [1.807, 2.05) is 4.90 Å². The van der Waals surface area contributed by atoms with Crippen LogP contribution in [0.15, 0.2) is 0 Å². The number of carbonyl (C=O) groups is 1. The van der Waals surface area contributed by atoms with Crippen LogP contribution in [0.3, 0.4) is 0 Å². The molecule has 0 aliphatic carbocycles. The molecule has 0 aromatic carbocycles. The number of rotatable bonds is 2. The Morgan fingerprint density at radius 1 is 1.50 bits per heavy atom. The number of nitrogens with zero attached hydrogens (tertiary/aromatic N) is 1. The van der Waals surface area contributed by atoms with Crippen molar-refractivity contribution < 1.29 is 9.53 Å². The zero-order valence-corrected chi connectivity index (χ0v) is 8.66. The first-order valence-electron chi connectivity index (χ1n) is 5.33. The van der Waals surface area contributed by atoms with E-state index < -0.39 is 0 Å². The lowest BCUT2D eigenvalue weighted by Gasteiger charge is -2.19. The second-order valence-corrected chi connectivity index (χ2v) is 4.12. The van der Waals surface area contributed by atoms with Gasteiger partial charge >= 0.3 is 0 Å². The molecule has 0 aromatic rings. The average molecular weight is 198 g/mol. The van der Waals surface area contributed by atoms with Crippen LogP contribution in [0.4, 0.5) is 0 Å². The first-order chi connectivity index (χ1) is 6.81. The van der Waals surface area contributed by atoms with Gasteiger partial charge in [-0.05, 0) is 19.4 Å². The third-order valence-corrected chi connectivity index (χ3v) is 3.20. The zero-order chi connectivity index (χ0) is 9.97. The summed E-state index contributed by atoms with van der Waals surface area (Å²) in [7, 11) is 1.72. The molecule has 2 rings (SSSR count). The minimum atomic E-state index is 0.214. The van der Waals surface area contributed by atoms with Crippen molar-refractivity contribution in [3.63, 3.8) is 0 Å². The first-order valence-corrected chi connectivity index (χ1v) is 5.33. The van der Waals surface area contributed by atoms with Crippen LogP contribution in [0.25, 0.3) is 0 Å². The Labute approximate surface area is 84.6 Å². The topological polar surface area (TPSA) is 41.6 Å². The maximum absolute atomic E-state index is 11.9. The van der Waals surface area contributed by atoms with Crippen molar-refractivity contribution in [2.24, 2.45) is 5.92 Å². The van der Waals surface area contributed by atoms with E-state index >= 15 is 0 Å². The summed E-state index contributed by atoms with van der Waals surface area (Å²) in [4.78, 5) is 13.9. The Kier molecular flexibility index (Phi) is 3.03. The lowest BCUT2D eigenvalue weighted by molar-refractivity contribution is -0.134. The standard InChI is InChI=1S/C10H18N2O2/c1-14-9-3-5-12(7-9)10(13)8-2-4-11-6-8/h8-9,11H,2-7H2,1H3. The molecule has 0 bridgehead atoms. The Bertz CT molecular complexity index is 214. The second-order valence-electron chi connectivity index (χ2n) is 4.12. The van der Waals surface area contributed by atoms with Crippen molar-refractivity contribution in [3.8, 4) is 0 Å². The maximum Gasteiger partial charge on any atom is 0.227 e. The van der Waals surface area contributed by atoms with Gasteiger partial charge in [0.05, 0.1) is 12.0 Å². The highest BCUT2D eigenvalue weighted by atomic mass is 16.5. The molecule has 0 aromatic heterocycles. The van der Waals surface area contributed by atoms with Crippen molar-refractivity contribution in [2.75, 3.05) is 33.3 Å². The minimum Gasteiger partial charge on any atom is -0.380 e. The molecule has 1 amide bonds. The molecule has 2 aliphatic heterocycles. The third-order valence-electron chi connectivity index (χ3n) is 3.20. The van der Waals surface area contributed by atoms with E-state index in [0.717, 1.165) is 39.0 Å². The normalized spacial score (nSPS) is 32.5. The summed E-state index contributed by atoms with van der Waals surface area (Å²) in [6.07, 6.45) is 2.24. The molecule has 2 heterocycles. The van der Waals surface area contributed by atoms with Crippen LogP contribution in [0.1, 0.15) is 12.8 Å². The van der Waals surface area contributed by atoms with Crippen LogP contribution in [0.5, 0.6) is 0 Å². The van der Waals surface area contributed by atoms with E-state index in [1.165, 1.54) is 0 Å². The van der Waals surface area contributed by atoms with Gasteiger partial charge in [0, 0.05) is 26.7 Å². The van der Waals surface area contributed by atoms with Gasteiger partial charge in [0.2, 0.25) is 5.91 Å². The van der Waals surface area contributed by atoms with Gasteiger partial charge in [-0.3, -0.25) is 4.79 Å². The molecule has 14 heavy (non-hydrogen) atoms. The molecular weight excluding hydrogens is 180 g/mol. The summed E-state index contributed by atoms with van der Waals surface area (Å²) in [5, 5.41) is 3.22. The van der Waals surface area contributed by atoms with Gasteiger partial charge in [0.25, 0.3) is 0 Å². The van der Waals surface area contributed by atoms with Crippen molar-refractivity contribution in [1.29, 1.82) is 0 Å². The Hall–Kier alpha value is -0.610. The number of amides is 1. The van der Waals surface area contributed by atoms with E-state index in [1.54, 1.807) is 7.11 Å². The quantitative estimate of drug-likeness (QED) is 0.670. The molecule has 4 heteroatoms. The Balaban J connectivity index is 1.86. The van der Waals surface area contributed by atoms with Gasteiger partial charge in [-0.15, -0.1) is 0 Å². The predicted octanol–water partition coefficient (Wildman–Crippen LogP) is -0.157. The van der Waals surface area contributed by atoms with Gasteiger partial charge in [-0.2, -0.15) is 0 Å². The van der Waals surface area contributed by atoms with E-state index in [0.29, 0.717) is 5.91 Å². The lowest BCUT2D eigenvalue weighted by Crippen LogP contribution is -2.36.